The summed E-state index contributed by atoms with van der Waals surface area (Å²) in [6.45, 7) is 0.736. The van der Waals surface area contributed by atoms with Gasteiger partial charge in [0.15, 0.2) is 0 Å². The topological polar surface area (TPSA) is 29.1 Å². The van der Waals surface area contributed by atoms with Crippen molar-refractivity contribution in [2.45, 2.75) is 12.8 Å². The molecule has 1 rings (SSSR count). The number of halogens is 1. The average Bonchev–Trinajstić information content (AvgIpc) is 2.20. The van der Waals surface area contributed by atoms with Crippen molar-refractivity contribution in [3.8, 4) is 0 Å². The number of hydrogen-bond donors (Lipinski definition) is 1. The molecule has 0 spiro atoms. The maximum atomic E-state index is 11.1. The van der Waals surface area contributed by atoms with Crippen molar-refractivity contribution < 1.29 is 4.79 Å². The van der Waals surface area contributed by atoms with E-state index in [1.165, 1.54) is 5.56 Å². The molecule has 0 fully saturated rings. The molecule has 2 nitrogen and oxygen atoms in total. The van der Waals surface area contributed by atoms with Gasteiger partial charge in [0, 0.05) is 17.4 Å². The van der Waals surface area contributed by atoms with Gasteiger partial charge in [-0.1, -0.05) is 52.9 Å². The largest absolute Gasteiger partial charge is 0.356 e. The van der Waals surface area contributed by atoms with Gasteiger partial charge < -0.3 is 5.32 Å². The van der Waals surface area contributed by atoms with E-state index in [-0.39, 0.29) is 5.91 Å². The molecule has 0 radical (unpaired) electrons. The summed E-state index contributed by atoms with van der Waals surface area (Å²) in [5.41, 5.74) is 1.27. The molecule has 0 saturated carbocycles. The normalized spacial score (nSPS) is 9.79. The van der Waals surface area contributed by atoms with E-state index in [0.29, 0.717) is 6.42 Å². The molecular formula is C11H14INO. The molecule has 3 heteroatoms. The lowest BCUT2D eigenvalue weighted by molar-refractivity contribution is -0.120. The number of carbonyl (C=O) groups excluding carboxylic acids is 1. The summed E-state index contributed by atoms with van der Waals surface area (Å²) in [6, 6.07) is 10.2. The van der Waals surface area contributed by atoms with Crippen molar-refractivity contribution >= 4 is 28.5 Å². The van der Waals surface area contributed by atoms with Crippen LogP contribution < -0.4 is 5.32 Å². The van der Waals surface area contributed by atoms with E-state index >= 15 is 0 Å². The van der Waals surface area contributed by atoms with Crippen LogP contribution in [-0.4, -0.2) is 16.9 Å². The highest BCUT2D eigenvalue weighted by molar-refractivity contribution is 14.1. The van der Waals surface area contributed by atoms with E-state index < -0.39 is 0 Å². The average molecular weight is 303 g/mol. The molecule has 1 aromatic carbocycles. The van der Waals surface area contributed by atoms with Gasteiger partial charge in [-0.15, -0.1) is 0 Å². The minimum atomic E-state index is 0.148. The van der Waals surface area contributed by atoms with Crippen LogP contribution in [0.1, 0.15) is 12.0 Å². The van der Waals surface area contributed by atoms with Crippen LogP contribution in [0, 0.1) is 0 Å². The van der Waals surface area contributed by atoms with Crippen LogP contribution in [-0.2, 0) is 11.2 Å². The minimum Gasteiger partial charge on any atom is -0.356 e. The van der Waals surface area contributed by atoms with Crippen LogP contribution in [0.2, 0.25) is 0 Å². The highest BCUT2D eigenvalue weighted by atomic mass is 127. The molecule has 1 N–H and O–H groups in total. The van der Waals surface area contributed by atoms with Gasteiger partial charge in [-0.3, -0.25) is 4.79 Å². The number of alkyl halides is 1. The van der Waals surface area contributed by atoms with Gasteiger partial charge in [-0.25, -0.2) is 0 Å². The standard InChI is InChI=1S/C11H14INO/c12-8-6-11(14)13-9-7-10-4-2-1-3-5-10/h1-5H,6-9H2,(H,13,14). The highest BCUT2D eigenvalue weighted by Gasteiger charge is 1.98. The van der Waals surface area contributed by atoms with Crippen LogP contribution >= 0.6 is 22.6 Å². The van der Waals surface area contributed by atoms with E-state index in [1.54, 1.807) is 0 Å². The Hall–Kier alpha value is -0.580. The summed E-state index contributed by atoms with van der Waals surface area (Å²) in [6.07, 6.45) is 1.53. The minimum absolute atomic E-state index is 0.148. The van der Waals surface area contributed by atoms with Crippen molar-refractivity contribution in [2.24, 2.45) is 0 Å². The Balaban J connectivity index is 2.19. The first-order chi connectivity index (χ1) is 6.83. The molecule has 0 heterocycles. The first-order valence-electron chi connectivity index (χ1n) is 4.69. The van der Waals surface area contributed by atoms with E-state index in [0.717, 1.165) is 17.4 Å². The van der Waals surface area contributed by atoms with Crippen LogP contribution in [0.5, 0.6) is 0 Å². The molecular weight excluding hydrogens is 289 g/mol. The lowest BCUT2D eigenvalue weighted by Crippen LogP contribution is -2.25. The summed E-state index contributed by atoms with van der Waals surface area (Å²) < 4.78 is 0.884. The third-order valence-corrected chi connectivity index (χ3v) is 2.44. The van der Waals surface area contributed by atoms with Crippen molar-refractivity contribution in [3.05, 3.63) is 35.9 Å². The van der Waals surface area contributed by atoms with Gasteiger partial charge in [0.25, 0.3) is 0 Å². The Morgan fingerprint density at radius 3 is 2.64 bits per heavy atom. The molecule has 76 valence electrons. The third-order valence-electron chi connectivity index (χ3n) is 1.90. The summed E-state index contributed by atoms with van der Waals surface area (Å²) in [7, 11) is 0. The zero-order valence-corrected chi connectivity index (χ0v) is 10.2. The zero-order chi connectivity index (χ0) is 10.2. The number of benzene rings is 1. The van der Waals surface area contributed by atoms with E-state index in [2.05, 4.69) is 40.0 Å². The fourth-order valence-corrected chi connectivity index (χ4v) is 1.66. The predicted molar refractivity (Wildman–Crippen MR) is 66.7 cm³/mol. The second-order valence-corrected chi connectivity index (χ2v) is 4.10. The van der Waals surface area contributed by atoms with Crippen LogP contribution in [0.4, 0.5) is 0 Å². The summed E-state index contributed by atoms with van der Waals surface area (Å²) in [5.74, 6) is 0.148. The highest BCUT2D eigenvalue weighted by Crippen LogP contribution is 1.98. The smallest absolute Gasteiger partial charge is 0.220 e. The Kier molecular flexibility index (Phi) is 5.59. The molecule has 14 heavy (non-hydrogen) atoms. The fraction of sp³-hybridized carbons (Fsp3) is 0.364. The number of rotatable bonds is 5. The first kappa shape index (κ1) is 11.5. The van der Waals surface area contributed by atoms with E-state index in [9.17, 15) is 4.79 Å². The quantitative estimate of drug-likeness (QED) is 0.655. The number of nitrogens with one attached hydrogen (secondary N) is 1. The van der Waals surface area contributed by atoms with Crippen molar-refractivity contribution in [2.75, 3.05) is 11.0 Å². The summed E-state index contributed by atoms with van der Waals surface area (Å²) >= 11 is 2.21. The van der Waals surface area contributed by atoms with Crippen molar-refractivity contribution in [1.82, 2.24) is 5.32 Å². The molecule has 0 aliphatic heterocycles. The molecule has 0 aromatic heterocycles. The molecule has 0 bridgehead atoms. The van der Waals surface area contributed by atoms with Crippen LogP contribution in [0.25, 0.3) is 0 Å². The molecule has 0 aliphatic carbocycles. The SMILES string of the molecule is O=C(CCI)NCCc1ccccc1. The van der Waals surface area contributed by atoms with Crippen molar-refractivity contribution in [1.29, 1.82) is 0 Å². The van der Waals surface area contributed by atoms with E-state index in [4.69, 9.17) is 0 Å². The van der Waals surface area contributed by atoms with Gasteiger partial charge in [-0.05, 0) is 12.0 Å². The molecule has 1 aromatic rings. The lowest BCUT2D eigenvalue weighted by Gasteiger charge is -2.03. The number of carbonyl (C=O) groups is 1. The monoisotopic (exact) mass is 303 g/mol. The number of hydrogen-bond acceptors (Lipinski definition) is 1. The van der Waals surface area contributed by atoms with Crippen molar-refractivity contribution in [3.63, 3.8) is 0 Å². The van der Waals surface area contributed by atoms with Gasteiger partial charge >= 0.3 is 0 Å². The molecule has 0 unspecified atom stereocenters. The second kappa shape index (κ2) is 6.81. The van der Waals surface area contributed by atoms with E-state index in [1.807, 2.05) is 18.2 Å². The fourth-order valence-electron chi connectivity index (χ4n) is 1.17. The maximum absolute atomic E-state index is 11.1. The van der Waals surface area contributed by atoms with Gasteiger partial charge in [0.2, 0.25) is 5.91 Å². The van der Waals surface area contributed by atoms with Gasteiger partial charge in [0.05, 0.1) is 0 Å². The molecule has 0 aliphatic rings. The Morgan fingerprint density at radius 1 is 1.29 bits per heavy atom. The first-order valence-corrected chi connectivity index (χ1v) is 6.22. The molecule has 0 saturated heterocycles. The van der Waals surface area contributed by atoms with Gasteiger partial charge in [-0.2, -0.15) is 0 Å². The van der Waals surface area contributed by atoms with Gasteiger partial charge in [0.1, 0.15) is 0 Å². The maximum Gasteiger partial charge on any atom is 0.220 e. The van der Waals surface area contributed by atoms with Crippen LogP contribution in [0.15, 0.2) is 30.3 Å². The Bertz CT molecular complexity index is 274. The lowest BCUT2D eigenvalue weighted by atomic mass is 10.1. The molecule has 1 amide bonds. The number of amides is 1. The Morgan fingerprint density at radius 2 is 2.00 bits per heavy atom. The second-order valence-electron chi connectivity index (χ2n) is 3.02. The Labute approximate surface area is 98.2 Å². The van der Waals surface area contributed by atoms with Crippen LogP contribution in [0.3, 0.4) is 0 Å². The molecule has 0 atom stereocenters. The third kappa shape index (κ3) is 4.60. The predicted octanol–water partition coefficient (Wildman–Crippen LogP) is 2.17. The summed E-state index contributed by atoms with van der Waals surface area (Å²) in [5, 5.41) is 2.89. The zero-order valence-electron chi connectivity index (χ0n) is 8.00. The summed E-state index contributed by atoms with van der Waals surface area (Å²) in [4.78, 5) is 11.1.